The van der Waals surface area contributed by atoms with Crippen molar-refractivity contribution in [3.05, 3.63) is 45.9 Å². The minimum Gasteiger partial charge on any atom is -0.323 e. The second-order valence-electron chi connectivity index (χ2n) is 8.47. The van der Waals surface area contributed by atoms with Gasteiger partial charge in [-0.05, 0) is 29.9 Å². The van der Waals surface area contributed by atoms with Gasteiger partial charge in [0, 0.05) is 19.4 Å². The Kier molecular flexibility index (Phi) is 9.85. The van der Waals surface area contributed by atoms with Gasteiger partial charge < -0.3 is 10.2 Å². The maximum absolute atomic E-state index is 12.8. The molecule has 39 heavy (non-hydrogen) atoms. The van der Waals surface area contributed by atoms with Crippen molar-refractivity contribution >= 4 is 62.4 Å². The van der Waals surface area contributed by atoms with E-state index in [1.54, 1.807) is 11.8 Å². The van der Waals surface area contributed by atoms with E-state index in [4.69, 9.17) is 0 Å². The third kappa shape index (κ3) is 8.44. The number of hydrogen-bond donors (Lipinski definition) is 2. The van der Waals surface area contributed by atoms with Crippen molar-refractivity contribution in [2.45, 2.75) is 44.3 Å². The molecule has 10 nitrogen and oxygen atoms in total. The third-order valence-corrected chi connectivity index (χ3v) is 8.38. The van der Waals surface area contributed by atoms with E-state index < -0.39 is 24.0 Å². The number of alkyl halides is 3. The number of aromatic nitrogens is 4. The van der Waals surface area contributed by atoms with Gasteiger partial charge in [-0.1, -0.05) is 53.0 Å². The summed E-state index contributed by atoms with van der Waals surface area (Å²) in [4.78, 5) is 36.8. The molecule has 4 rings (SSSR count). The van der Waals surface area contributed by atoms with E-state index in [2.05, 4.69) is 31.0 Å². The normalized spacial score (nSPS) is 15.4. The largest absolute Gasteiger partial charge is 0.471 e. The van der Waals surface area contributed by atoms with Gasteiger partial charge in [0.25, 0.3) is 0 Å². The number of nitrogens with one attached hydrogen (secondary N) is 2. The van der Waals surface area contributed by atoms with Crippen LogP contribution in [0.3, 0.4) is 0 Å². The molecular weight excluding hydrogens is 575 g/mol. The number of hydrogen-bond acceptors (Lipinski definition) is 10. The Labute approximate surface area is 233 Å². The predicted molar refractivity (Wildman–Crippen MR) is 143 cm³/mol. The fourth-order valence-corrected chi connectivity index (χ4v) is 6.45. The highest BCUT2D eigenvalue weighted by atomic mass is 32.2. The third-order valence-electron chi connectivity index (χ3n) is 5.60. The minimum atomic E-state index is -5.02. The van der Waals surface area contributed by atoms with Gasteiger partial charge in [0.15, 0.2) is 0 Å². The van der Waals surface area contributed by atoms with Gasteiger partial charge in [-0.2, -0.15) is 24.9 Å². The molecule has 3 aromatic rings. The fourth-order valence-electron chi connectivity index (χ4n) is 3.81. The van der Waals surface area contributed by atoms with Gasteiger partial charge >= 0.3 is 12.1 Å². The number of nitrogens with zero attached hydrogens (tertiary/aromatic N) is 5. The second-order valence-corrected chi connectivity index (χ2v) is 11.8. The molecule has 1 aromatic carbocycles. The summed E-state index contributed by atoms with van der Waals surface area (Å²) in [5, 5.41) is 23.4. The topological polar surface area (TPSA) is 130 Å². The average molecular weight is 600 g/mol. The SMILES string of the molecule is O=C(Cc1ccccc1)Nc1nnc(CCSCCc2nnc(NC(=O)[C@@H]3CCCN3C(=O)C(F)(F)F)s2)s1. The highest BCUT2D eigenvalue weighted by Crippen LogP contribution is 2.27. The molecule has 1 fully saturated rings. The van der Waals surface area contributed by atoms with Crippen LogP contribution >= 0.6 is 34.4 Å². The number of halogens is 3. The Bertz CT molecular complexity index is 1290. The van der Waals surface area contributed by atoms with Crippen LogP contribution in [-0.4, -0.2) is 73.3 Å². The fraction of sp³-hybridized carbons (Fsp3) is 0.435. The maximum Gasteiger partial charge on any atom is 0.471 e. The van der Waals surface area contributed by atoms with Gasteiger partial charge in [-0.25, -0.2) is 0 Å². The summed E-state index contributed by atoms with van der Waals surface area (Å²) in [5.74, 6) is -1.35. The van der Waals surface area contributed by atoms with Gasteiger partial charge in [0.2, 0.25) is 22.1 Å². The molecule has 1 atom stereocenters. The number of aryl methyl sites for hydroxylation is 2. The number of carbonyl (C=O) groups is 3. The number of anilines is 2. The second kappa shape index (κ2) is 13.3. The van der Waals surface area contributed by atoms with E-state index in [-0.39, 0.29) is 30.4 Å². The van der Waals surface area contributed by atoms with Crippen molar-refractivity contribution in [2.24, 2.45) is 0 Å². The summed E-state index contributed by atoms with van der Waals surface area (Å²) >= 11 is 4.15. The molecular formula is C23H24F3N7O3S3. The zero-order valence-electron chi connectivity index (χ0n) is 20.4. The van der Waals surface area contributed by atoms with Crippen molar-refractivity contribution in [2.75, 3.05) is 28.7 Å². The van der Waals surface area contributed by atoms with Crippen molar-refractivity contribution in [3.8, 4) is 0 Å². The molecule has 1 saturated heterocycles. The summed E-state index contributed by atoms with van der Waals surface area (Å²) in [7, 11) is 0. The number of benzene rings is 1. The predicted octanol–water partition coefficient (Wildman–Crippen LogP) is 3.58. The van der Waals surface area contributed by atoms with Gasteiger partial charge in [0.1, 0.15) is 16.1 Å². The first-order valence-electron chi connectivity index (χ1n) is 11.9. The van der Waals surface area contributed by atoms with Crippen LogP contribution in [0.15, 0.2) is 30.3 Å². The Morgan fingerprint density at radius 3 is 2.18 bits per heavy atom. The molecule has 3 heterocycles. The molecule has 2 aromatic heterocycles. The molecule has 0 bridgehead atoms. The smallest absolute Gasteiger partial charge is 0.323 e. The van der Waals surface area contributed by atoms with Crippen LogP contribution in [0.2, 0.25) is 0 Å². The quantitative estimate of drug-likeness (QED) is 0.320. The first-order chi connectivity index (χ1) is 18.7. The van der Waals surface area contributed by atoms with E-state index in [1.165, 1.54) is 11.3 Å². The zero-order chi connectivity index (χ0) is 27.8. The average Bonchev–Trinajstić information content (AvgIpc) is 3.65. The molecule has 0 saturated carbocycles. The van der Waals surface area contributed by atoms with Crippen LogP contribution in [0.4, 0.5) is 23.4 Å². The number of likely N-dealkylation sites (tertiary alicyclic amines) is 1. The van der Waals surface area contributed by atoms with Crippen LogP contribution in [-0.2, 0) is 33.6 Å². The Morgan fingerprint density at radius 1 is 0.949 bits per heavy atom. The van der Waals surface area contributed by atoms with Crippen molar-refractivity contribution in [1.82, 2.24) is 25.3 Å². The molecule has 16 heteroatoms. The van der Waals surface area contributed by atoms with E-state index in [1.807, 2.05) is 30.3 Å². The van der Waals surface area contributed by atoms with Gasteiger partial charge in [0.05, 0.1) is 6.42 Å². The lowest BCUT2D eigenvalue weighted by atomic mass is 10.1. The van der Waals surface area contributed by atoms with Crippen LogP contribution in [0.25, 0.3) is 0 Å². The number of rotatable bonds is 11. The molecule has 0 unspecified atom stereocenters. The van der Waals surface area contributed by atoms with Crippen molar-refractivity contribution in [1.29, 1.82) is 0 Å². The van der Waals surface area contributed by atoms with E-state index in [9.17, 15) is 27.6 Å². The van der Waals surface area contributed by atoms with Crippen LogP contribution < -0.4 is 10.6 Å². The molecule has 1 aliphatic heterocycles. The van der Waals surface area contributed by atoms with Crippen LogP contribution in [0.1, 0.15) is 28.4 Å². The lowest BCUT2D eigenvalue weighted by molar-refractivity contribution is -0.186. The molecule has 2 N–H and O–H groups in total. The lowest BCUT2D eigenvalue weighted by Crippen LogP contribution is -2.48. The van der Waals surface area contributed by atoms with E-state index in [0.29, 0.717) is 34.3 Å². The van der Waals surface area contributed by atoms with Crippen LogP contribution in [0.5, 0.6) is 0 Å². The summed E-state index contributed by atoms with van der Waals surface area (Å²) in [5.41, 5.74) is 0.916. The summed E-state index contributed by atoms with van der Waals surface area (Å²) in [6.07, 6.45) is -3.00. The van der Waals surface area contributed by atoms with Gasteiger partial charge in [-0.15, -0.1) is 20.4 Å². The monoisotopic (exact) mass is 599 g/mol. The van der Waals surface area contributed by atoms with Gasteiger partial charge in [-0.3, -0.25) is 19.7 Å². The molecule has 0 aliphatic carbocycles. The Balaban J connectivity index is 1.14. The van der Waals surface area contributed by atoms with E-state index in [0.717, 1.165) is 33.4 Å². The van der Waals surface area contributed by atoms with E-state index >= 15 is 0 Å². The highest BCUT2D eigenvalue weighted by Gasteiger charge is 2.47. The first-order valence-corrected chi connectivity index (χ1v) is 14.7. The number of amides is 3. The standard InChI is InChI=1S/C23H24F3N7O3S3/c24-23(25,26)20(36)33-10-4-7-15(33)19(35)28-22-32-30-18(39-22)9-12-37-11-8-17-29-31-21(38-17)27-16(34)13-14-5-2-1-3-6-14/h1-3,5-6,15H,4,7-13H2,(H,27,31,34)(H,28,32,35)/t15-/m0/s1. The minimum absolute atomic E-state index is 0.115. The molecule has 1 aliphatic rings. The summed E-state index contributed by atoms with van der Waals surface area (Å²) in [6.45, 7) is -0.115. The van der Waals surface area contributed by atoms with Crippen molar-refractivity contribution < 1.29 is 27.6 Å². The molecule has 0 radical (unpaired) electrons. The van der Waals surface area contributed by atoms with Crippen LogP contribution in [0, 0.1) is 0 Å². The molecule has 0 spiro atoms. The first kappa shape index (κ1) is 28.9. The summed E-state index contributed by atoms with van der Waals surface area (Å²) in [6, 6.07) is 8.24. The Morgan fingerprint density at radius 2 is 1.56 bits per heavy atom. The maximum atomic E-state index is 12.8. The number of thioether (sulfide) groups is 1. The zero-order valence-corrected chi connectivity index (χ0v) is 22.9. The molecule has 3 amide bonds. The van der Waals surface area contributed by atoms with Crippen molar-refractivity contribution in [3.63, 3.8) is 0 Å². The lowest BCUT2D eigenvalue weighted by Gasteiger charge is -2.24. The Hall–Kier alpha value is -3.11. The molecule has 208 valence electrons. The number of carbonyl (C=O) groups excluding carboxylic acids is 3. The summed E-state index contributed by atoms with van der Waals surface area (Å²) < 4.78 is 38.4. The highest BCUT2D eigenvalue weighted by molar-refractivity contribution is 7.99.